The molecule has 0 radical (unpaired) electrons. The molecule has 2 aromatic rings. The number of esters is 1. The zero-order valence-corrected chi connectivity index (χ0v) is 16.4. The van der Waals surface area contributed by atoms with Crippen LogP contribution in [0.15, 0.2) is 35.0 Å². The maximum atomic E-state index is 11.3. The quantitative estimate of drug-likeness (QED) is 0.557. The number of carbonyl (C=O) groups is 4. The molecule has 1 atom stereocenters. The molecule has 2 aromatic heterocycles. The molecule has 27 heavy (non-hydrogen) atoms. The normalized spacial score (nSPS) is 15.5. The molecule has 3 rings (SSSR count). The minimum atomic E-state index is -0.537. The first-order valence-electron chi connectivity index (χ1n) is 8.29. The first kappa shape index (κ1) is 20.8. The molecule has 2 amide bonds. The Kier molecular flexibility index (Phi) is 8.15. The second-order valence-electron chi connectivity index (χ2n) is 5.47. The smallest absolute Gasteiger partial charge is 0.325 e. The third-order valence-electron chi connectivity index (χ3n) is 3.50. The van der Waals surface area contributed by atoms with Crippen molar-refractivity contribution in [3.05, 3.63) is 44.8 Å². The summed E-state index contributed by atoms with van der Waals surface area (Å²) in [6, 6.07) is 7.43. The largest absolute Gasteiger partial charge is 0.465 e. The van der Waals surface area contributed by atoms with Gasteiger partial charge in [-0.3, -0.25) is 19.2 Å². The minimum absolute atomic E-state index is 0.0255. The summed E-state index contributed by atoms with van der Waals surface area (Å²) in [5.41, 5.74) is 0. The lowest BCUT2D eigenvalue weighted by atomic mass is 10.1. The Labute approximate surface area is 164 Å². The van der Waals surface area contributed by atoms with E-state index in [1.807, 2.05) is 35.0 Å². The fourth-order valence-electron chi connectivity index (χ4n) is 2.28. The lowest BCUT2D eigenvalue weighted by molar-refractivity contribution is -0.143. The molecule has 0 spiro atoms. The van der Waals surface area contributed by atoms with Crippen LogP contribution in [0.25, 0.3) is 0 Å². The van der Waals surface area contributed by atoms with E-state index in [0.717, 1.165) is 9.75 Å². The average Bonchev–Trinajstić information content (AvgIpc) is 3.38. The zero-order valence-electron chi connectivity index (χ0n) is 14.7. The topological polar surface area (TPSA) is 102 Å². The predicted molar refractivity (Wildman–Crippen MR) is 103 cm³/mol. The van der Waals surface area contributed by atoms with Crippen LogP contribution in [0, 0.1) is 0 Å². The van der Waals surface area contributed by atoms with E-state index in [-0.39, 0.29) is 30.7 Å². The Balaban J connectivity index is 0.000000198. The highest BCUT2D eigenvalue weighted by Crippen LogP contribution is 2.24. The molecule has 2 N–H and O–H groups in total. The molecule has 0 aromatic carbocycles. The molecule has 1 aliphatic heterocycles. The van der Waals surface area contributed by atoms with Gasteiger partial charge < -0.3 is 15.4 Å². The number of rotatable bonds is 6. The number of amides is 2. The van der Waals surface area contributed by atoms with Gasteiger partial charge in [0.15, 0.2) is 5.78 Å². The van der Waals surface area contributed by atoms with E-state index in [9.17, 15) is 19.2 Å². The number of hydrogen-bond acceptors (Lipinski definition) is 7. The van der Waals surface area contributed by atoms with Gasteiger partial charge in [0.05, 0.1) is 19.6 Å². The van der Waals surface area contributed by atoms with E-state index in [1.54, 1.807) is 6.92 Å². The summed E-state index contributed by atoms with van der Waals surface area (Å²) in [4.78, 5) is 46.4. The molecular formula is C18H20N2O5S2. The van der Waals surface area contributed by atoms with Gasteiger partial charge in [0.1, 0.15) is 12.5 Å². The van der Waals surface area contributed by atoms with E-state index < -0.39 is 11.9 Å². The van der Waals surface area contributed by atoms with Crippen molar-refractivity contribution in [2.75, 3.05) is 19.7 Å². The monoisotopic (exact) mass is 408 g/mol. The Bertz CT molecular complexity index is 756. The summed E-state index contributed by atoms with van der Waals surface area (Å²) in [6.07, 6.45) is 0.317. The molecule has 1 aliphatic rings. The van der Waals surface area contributed by atoms with Crippen molar-refractivity contribution in [3.63, 3.8) is 0 Å². The van der Waals surface area contributed by atoms with Crippen LogP contribution in [0.3, 0.4) is 0 Å². The summed E-state index contributed by atoms with van der Waals surface area (Å²) >= 11 is 2.96. The number of carbonyl (C=O) groups excluding carboxylic acids is 4. The van der Waals surface area contributed by atoms with Crippen molar-refractivity contribution < 1.29 is 23.9 Å². The van der Waals surface area contributed by atoms with Crippen molar-refractivity contribution >= 4 is 46.2 Å². The van der Waals surface area contributed by atoms with Gasteiger partial charge >= 0.3 is 5.97 Å². The number of Topliss-reactive ketones (excluding diaryl/α,β-unsaturated/α-hetero) is 1. The van der Waals surface area contributed by atoms with Crippen molar-refractivity contribution in [1.29, 1.82) is 0 Å². The van der Waals surface area contributed by atoms with Crippen LogP contribution in [-0.2, 0) is 30.3 Å². The summed E-state index contributed by atoms with van der Waals surface area (Å²) in [5, 5.41) is 8.80. The molecule has 0 aliphatic carbocycles. The first-order valence-corrected chi connectivity index (χ1v) is 10.1. The van der Waals surface area contributed by atoms with Crippen molar-refractivity contribution in [3.8, 4) is 0 Å². The van der Waals surface area contributed by atoms with Gasteiger partial charge in [-0.25, -0.2) is 0 Å². The van der Waals surface area contributed by atoms with Gasteiger partial charge in [0, 0.05) is 9.75 Å². The summed E-state index contributed by atoms with van der Waals surface area (Å²) in [7, 11) is 0. The van der Waals surface area contributed by atoms with Crippen molar-refractivity contribution in [2.24, 2.45) is 0 Å². The molecule has 1 fully saturated rings. The van der Waals surface area contributed by atoms with Gasteiger partial charge in [-0.05, 0) is 29.8 Å². The SMILES string of the molecule is CCOC(=O)CNC(=O)Cc1cccs1.O=C1CNC(=O)C1c1cccs1. The average molecular weight is 409 g/mol. The molecule has 9 heteroatoms. The van der Waals surface area contributed by atoms with Crippen LogP contribution in [0.4, 0.5) is 0 Å². The van der Waals surface area contributed by atoms with E-state index in [0.29, 0.717) is 13.0 Å². The molecule has 0 saturated carbocycles. The van der Waals surface area contributed by atoms with Gasteiger partial charge in [0.25, 0.3) is 0 Å². The van der Waals surface area contributed by atoms with Gasteiger partial charge in [-0.1, -0.05) is 12.1 Å². The standard InChI is InChI=1S/C10H13NO3S.C8H7NO2S/c1-2-14-10(13)7-11-9(12)6-8-4-3-5-15-8;10-5-4-9-8(11)7(5)6-2-1-3-12-6/h3-5H,2,6-7H2,1H3,(H,11,12);1-3,7H,4H2,(H,9,11). The highest BCUT2D eigenvalue weighted by atomic mass is 32.1. The fourth-order valence-corrected chi connectivity index (χ4v) is 3.83. The predicted octanol–water partition coefficient (Wildman–Crippen LogP) is 1.50. The van der Waals surface area contributed by atoms with E-state index in [4.69, 9.17) is 0 Å². The van der Waals surface area contributed by atoms with Gasteiger partial charge in [-0.2, -0.15) is 0 Å². The lowest BCUT2D eigenvalue weighted by Crippen LogP contribution is -2.31. The van der Waals surface area contributed by atoms with Crippen LogP contribution >= 0.6 is 22.7 Å². The van der Waals surface area contributed by atoms with Gasteiger partial charge in [0.2, 0.25) is 11.8 Å². The minimum Gasteiger partial charge on any atom is -0.465 e. The van der Waals surface area contributed by atoms with Gasteiger partial charge in [-0.15, -0.1) is 22.7 Å². The van der Waals surface area contributed by atoms with Crippen LogP contribution in [0.1, 0.15) is 22.6 Å². The van der Waals surface area contributed by atoms with Crippen molar-refractivity contribution in [2.45, 2.75) is 19.3 Å². The maximum absolute atomic E-state index is 11.3. The van der Waals surface area contributed by atoms with E-state index in [2.05, 4.69) is 15.4 Å². The van der Waals surface area contributed by atoms with Crippen LogP contribution in [0.5, 0.6) is 0 Å². The molecule has 0 bridgehead atoms. The number of nitrogens with one attached hydrogen (secondary N) is 2. The Morgan fingerprint density at radius 3 is 2.52 bits per heavy atom. The molecule has 7 nitrogen and oxygen atoms in total. The fraction of sp³-hybridized carbons (Fsp3) is 0.333. The molecule has 144 valence electrons. The molecule has 1 saturated heterocycles. The maximum Gasteiger partial charge on any atom is 0.325 e. The van der Waals surface area contributed by atoms with Crippen LogP contribution in [0.2, 0.25) is 0 Å². The number of hydrogen-bond donors (Lipinski definition) is 2. The number of thiophene rings is 2. The van der Waals surface area contributed by atoms with Crippen LogP contribution in [-0.4, -0.2) is 43.3 Å². The number of ketones is 1. The second kappa shape index (κ2) is 10.6. The summed E-state index contributed by atoms with van der Waals surface area (Å²) in [6.45, 7) is 2.18. The lowest BCUT2D eigenvalue weighted by Gasteiger charge is -2.03. The summed E-state index contributed by atoms with van der Waals surface area (Å²) in [5.74, 6) is -1.29. The molecule has 1 unspecified atom stereocenters. The number of ether oxygens (including phenoxy) is 1. The Morgan fingerprint density at radius 2 is 1.96 bits per heavy atom. The zero-order chi connectivity index (χ0) is 19.6. The third-order valence-corrected chi connectivity index (χ3v) is 5.31. The van der Waals surface area contributed by atoms with E-state index in [1.165, 1.54) is 22.7 Å². The first-order chi connectivity index (χ1) is 13.0. The van der Waals surface area contributed by atoms with Crippen molar-refractivity contribution in [1.82, 2.24) is 10.6 Å². The Hall–Kier alpha value is -2.52. The Morgan fingerprint density at radius 1 is 1.22 bits per heavy atom. The summed E-state index contributed by atoms with van der Waals surface area (Å²) < 4.78 is 4.68. The molecule has 3 heterocycles. The highest BCUT2D eigenvalue weighted by molar-refractivity contribution is 7.10. The van der Waals surface area contributed by atoms with E-state index >= 15 is 0 Å². The van der Waals surface area contributed by atoms with Crippen LogP contribution < -0.4 is 10.6 Å². The second-order valence-corrected chi connectivity index (χ2v) is 7.48. The molecular weight excluding hydrogens is 388 g/mol. The highest BCUT2D eigenvalue weighted by Gasteiger charge is 2.34. The third kappa shape index (κ3) is 6.61.